The molecule has 0 aliphatic carbocycles. The number of allylic oxidation sites excluding steroid dienone is 1. The molecule has 8 unspecified atom stereocenters. The minimum absolute atomic E-state index is 0.0998. The number of carbonyl (C=O) groups excluding carboxylic acids is 4. The van der Waals surface area contributed by atoms with E-state index in [9.17, 15) is 131 Å². The number of hydrogen-bond acceptors (Lipinski definition) is 32. The Bertz CT molecular complexity index is 2900. The molecule has 31 atom stereocenters. The molecule has 0 aromatic rings. The first-order chi connectivity index (χ1) is 55.2. The van der Waals surface area contributed by atoms with Crippen LogP contribution in [0.4, 0.5) is 0 Å². The Hall–Kier alpha value is -4.48. The molecule has 5 aliphatic heterocycles. The molecule has 0 spiro atoms. The maximum absolute atomic E-state index is 14.4. The molecular formula is C78H138N4O34. The van der Waals surface area contributed by atoms with Crippen LogP contribution in [0.15, 0.2) is 12.2 Å². The number of aliphatic hydroxyl groups is 18. The molecule has 38 heteroatoms. The van der Waals surface area contributed by atoms with Crippen molar-refractivity contribution < 1.29 is 169 Å². The fourth-order valence-corrected chi connectivity index (χ4v) is 16.3. The second-order valence-corrected chi connectivity index (χ2v) is 31.9. The normalized spacial score (nSPS) is 33.9. The van der Waals surface area contributed by atoms with Crippen LogP contribution in [0, 0.1) is 11.8 Å². The van der Waals surface area contributed by atoms with Gasteiger partial charge in [-0.3, -0.25) is 19.2 Å². The summed E-state index contributed by atoms with van der Waals surface area (Å²) in [4.78, 5) is 79.6. The van der Waals surface area contributed by atoms with Gasteiger partial charge in [0.2, 0.25) is 23.6 Å². The van der Waals surface area contributed by atoms with E-state index < -0.39 is 276 Å². The van der Waals surface area contributed by atoms with Gasteiger partial charge in [-0.25, -0.2) is 9.59 Å². The number of aliphatic carboxylic acids is 2. The zero-order valence-electron chi connectivity index (χ0n) is 67.6. The van der Waals surface area contributed by atoms with Gasteiger partial charge in [0.25, 0.3) is 0 Å². The van der Waals surface area contributed by atoms with Gasteiger partial charge in [0.05, 0.1) is 88.3 Å². The molecular weight excluding hydrogens is 1540 g/mol. The summed E-state index contributed by atoms with van der Waals surface area (Å²) in [6.45, 7) is 0.183. The molecule has 0 bridgehead atoms. The largest absolute Gasteiger partial charge is 0.479 e. The number of carbonyl (C=O) groups is 6. The Morgan fingerprint density at radius 1 is 0.474 bits per heavy atom. The van der Waals surface area contributed by atoms with E-state index in [0.717, 1.165) is 85.0 Å². The number of aliphatic hydroxyl groups excluding tert-OH is 18. The highest BCUT2D eigenvalue weighted by atomic mass is 16.8. The number of carboxylic acid groups (broad SMARTS) is 2. The standard InChI is InChI=1S/C78H138N4O34/c1-6-8-10-12-14-16-18-20-22-24-26-28-30-32-47(91)46(82-54(95)33-31-29-27-25-23-21-19-17-15-13-11-9-7-2)41-109-73-65(102)64(101)67(53(40-87)111-73)114-74-62(99)55(66(52(39-86)112-74)113-72-58(81-44(5)90)63(100)61(98)51(38-85)110-72)71(104)78(76(107)108)35-49(93)56(79-42(3)88)68(115-78)59(96)45(36-83)70(103)77(75(105)106)34-48(92)57(80-43(4)89)69(116-77)60(97)50(94)37-84/h30,32,45-53,55-74,83-87,91-94,96-104H,6-29,31,33-41H2,1-5H3,(H,79,88)(H,80,89)(H,81,90)(H,82,95)(H,105,106)(H,107,108)/b32-30+/t45?,46-,47+,48+,49+,50?,51-,52-,53-,55-,56-,57-,58-,59?,60?,61+,62-,63-,64-,65-,66+,67-,68?,69?,70?,71?,72+,73-,74+,77+,78+/m1/s1. The van der Waals surface area contributed by atoms with Gasteiger partial charge in [-0.05, 0) is 19.3 Å². The van der Waals surface area contributed by atoms with E-state index in [1.807, 2.05) is 0 Å². The van der Waals surface area contributed by atoms with Crippen molar-refractivity contribution in [2.24, 2.45) is 11.8 Å². The van der Waals surface area contributed by atoms with Gasteiger partial charge in [0.1, 0.15) is 97.6 Å². The van der Waals surface area contributed by atoms with Crippen LogP contribution in [0.5, 0.6) is 0 Å². The van der Waals surface area contributed by atoms with Crippen molar-refractivity contribution in [1.29, 1.82) is 0 Å². The number of unbranched alkanes of at least 4 members (excludes halogenated alkanes) is 23. The number of rotatable bonds is 54. The number of hydrogen-bond donors (Lipinski definition) is 24. The van der Waals surface area contributed by atoms with Crippen LogP contribution < -0.4 is 21.3 Å². The first-order valence-electron chi connectivity index (χ1n) is 41.6. The van der Waals surface area contributed by atoms with Crippen LogP contribution in [0.2, 0.25) is 0 Å². The number of nitrogens with one attached hydrogen (secondary N) is 4. The molecule has 0 aromatic carbocycles. The Labute approximate surface area is 677 Å². The second kappa shape index (κ2) is 51.4. The van der Waals surface area contributed by atoms with Crippen molar-refractivity contribution in [2.75, 3.05) is 39.6 Å². The van der Waals surface area contributed by atoms with E-state index in [1.165, 1.54) is 89.5 Å². The summed E-state index contributed by atoms with van der Waals surface area (Å²) in [6.07, 6.45) is -24.6. The van der Waals surface area contributed by atoms with Gasteiger partial charge in [0.15, 0.2) is 30.1 Å². The number of carboxylic acids is 2. The summed E-state index contributed by atoms with van der Waals surface area (Å²) < 4.78 is 48.1. The summed E-state index contributed by atoms with van der Waals surface area (Å²) in [7, 11) is 0. The van der Waals surface area contributed by atoms with Gasteiger partial charge >= 0.3 is 11.9 Å². The van der Waals surface area contributed by atoms with Gasteiger partial charge in [-0.2, -0.15) is 0 Å². The third-order valence-electron chi connectivity index (χ3n) is 22.9. The van der Waals surface area contributed by atoms with E-state index in [4.69, 9.17) is 37.9 Å². The Kier molecular flexibility index (Phi) is 45.3. The summed E-state index contributed by atoms with van der Waals surface area (Å²) in [5.41, 5.74) is -6.97. The lowest BCUT2D eigenvalue weighted by molar-refractivity contribution is -0.379. The Balaban J connectivity index is 1.49. The minimum Gasteiger partial charge on any atom is -0.479 e. The first kappa shape index (κ1) is 102. The molecule has 38 nitrogen and oxygen atoms in total. The lowest BCUT2D eigenvalue weighted by atomic mass is 9.70. The molecule has 116 heavy (non-hydrogen) atoms. The molecule has 24 N–H and O–H groups in total. The van der Waals surface area contributed by atoms with Crippen LogP contribution >= 0.6 is 0 Å². The van der Waals surface area contributed by atoms with Gasteiger partial charge in [-0.15, -0.1) is 0 Å². The molecule has 0 radical (unpaired) electrons. The Morgan fingerprint density at radius 2 is 0.905 bits per heavy atom. The molecule has 5 rings (SSSR count). The van der Waals surface area contributed by atoms with Crippen molar-refractivity contribution in [3.63, 3.8) is 0 Å². The fourth-order valence-electron chi connectivity index (χ4n) is 16.3. The quantitative estimate of drug-likeness (QED) is 0.0211. The average Bonchev–Trinajstić information content (AvgIpc) is 0.756. The molecule has 5 saturated heterocycles. The summed E-state index contributed by atoms with van der Waals surface area (Å²) in [5.74, 6) is -12.9. The first-order valence-corrected chi connectivity index (χ1v) is 41.6. The molecule has 5 aliphatic rings. The van der Waals surface area contributed by atoms with Crippen molar-refractivity contribution in [3.05, 3.63) is 12.2 Å². The van der Waals surface area contributed by atoms with E-state index in [1.54, 1.807) is 6.08 Å². The van der Waals surface area contributed by atoms with Gasteiger partial charge in [-0.1, -0.05) is 167 Å². The highest BCUT2D eigenvalue weighted by molar-refractivity contribution is 5.80. The molecule has 5 fully saturated rings. The van der Waals surface area contributed by atoms with Crippen molar-refractivity contribution >= 4 is 35.6 Å². The van der Waals surface area contributed by atoms with Crippen LogP contribution in [-0.2, 0) is 66.7 Å². The van der Waals surface area contributed by atoms with E-state index in [2.05, 4.69) is 35.1 Å². The third-order valence-corrected chi connectivity index (χ3v) is 22.9. The monoisotopic (exact) mass is 1670 g/mol. The lowest BCUT2D eigenvalue weighted by Crippen LogP contribution is -2.75. The number of ether oxygens (including phenoxy) is 8. The molecule has 5 heterocycles. The molecule has 0 saturated carbocycles. The smallest absolute Gasteiger partial charge is 0.338 e. The van der Waals surface area contributed by atoms with Crippen LogP contribution in [0.25, 0.3) is 0 Å². The predicted molar refractivity (Wildman–Crippen MR) is 407 cm³/mol. The zero-order valence-corrected chi connectivity index (χ0v) is 67.6. The van der Waals surface area contributed by atoms with Crippen molar-refractivity contribution in [1.82, 2.24) is 21.3 Å². The van der Waals surface area contributed by atoms with E-state index >= 15 is 0 Å². The Morgan fingerprint density at radius 3 is 1.38 bits per heavy atom. The van der Waals surface area contributed by atoms with Gasteiger partial charge in [0, 0.05) is 51.9 Å². The van der Waals surface area contributed by atoms with E-state index in [0.29, 0.717) is 12.8 Å². The van der Waals surface area contributed by atoms with E-state index in [-0.39, 0.29) is 6.42 Å². The molecule has 674 valence electrons. The van der Waals surface area contributed by atoms with Crippen molar-refractivity contribution in [2.45, 2.75) is 391 Å². The fraction of sp³-hybridized carbons (Fsp3) is 0.897. The summed E-state index contributed by atoms with van der Waals surface area (Å²) in [6, 6.07) is -7.03. The predicted octanol–water partition coefficient (Wildman–Crippen LogP) is -3.20. The average molecular weight is 1680 g/mol. The van der Waals surface area contributed by atoms with Crippen LogP contribution in [-0.4, -0.2) is 354 Å². The molecule has 0 aromatic heterocycles. The van der Waals surface area contributed by atoms with Crippen LogP contribution in [0.1, 0.15) is 214 Å². The molecule has 4 amide bonds. The maximum Gasteiger partial charge on any atom is 0.338 e. The topological polar surface area (TPSA) is 629 Å². The maximum atomic E-state index is 14.4. The number of amides is 4. The SMILES string of the molecule is CCCCCCCCCCCCC/C=C/[C@H](O)[C@@H](CO[C@@H]1O[C@H](CO)[C@@H](O[C@@H]2O[C@H](CO)[C@H](O[C@@H]3O[C@H](CO)[C@H](O)[C@H](O)[C@H]3NC(C)=O)[C@H](C(O)[C@]3(C(=O)O)C[C@H](O)[C@@H](NC(C)=O)C(C(O)C(CO)C(O)[C@]4(C(=O)O)C[C@H](O)[C@@H](NC(C)=O)C(C(O)C(O)CO)O4)O3)[C@H]2O)[C@H](O)[C@H]1O)NC(=O)CCCCCCCCCCCCCCC. The second-order valence-electron chi connectivity index (χ2n) is 31.9. The van der Waals surface area contributed by atoms with Crippen LogP contribution in [0.3, 0.4) is 0 Å². The third kappa shape index (κ3) is 28.6. The highest BCUT2D eigenvalue weighted by Gasteiger charge is 2.67. The minimum atomic E-state index is -3.61. The lowest BCUT2D eigenvalue weighted by Gasteiger charge is -2.55. The zero-order chi connectivity index (χ0) is 86.1. The highest BCUT2D eigenvalue weighted by Crippen LogP contribution is 2.46. The van der Waals surface area contributed by atoms with Crippen molar-refractivity contribution in [3.8, 4) is 0 Å². The summed E-state index contributed by atoms with van der Waals surface area (Å²) >= 11 is 0. The van der Waals surface area contributed by atoms with Gasteiger partial charge < -0.3 is 161 Å². The summed E-state index contributed by atoms with van der Waals surface area (Å²) in [5, 5.41) is 240.